The highest BCUT2D eigenvalue weighted by molar-refractivity contribution is 6.31. The van der Waals surface area contributed by atoms with E-state index in [1.165, 1.54) is 0 Å². The summed E-state index contributed by atoms with van der Waals surface area (Å²) >= 11 is 6.17. The first-order valence-electron chi connectivity index (χ1n) is 6.52. The van der Waals surface area contributed by atoms with Gasteiger partial charge in [-0.3, -0.25) is 0 Å². The second-order valence-corrected chi connectivity index (χ2v) is 5.13. The Kier molecular flexibility index (Phi) is 4.31. The number of hydrogen-bond acceptors (Lipinski definition) is 2. The van der Waals surface area contributed by atoms with E-state index in [2.05, 4.69) is 20.8 Å². The van der Waals surface area contributed by atoms with E-state index in [0.717, 1.165) is 29.8 Å². The minimum atomic E-state index is -0.460. The van der Waals surface area contributed by atoms with Crippen LogP contribution in [0.2, 0.25) is 5.02 Å². The molecule has 1 aromatic carbocycles. The molecule has 2 atom stereocenters. The molecule has 0 aromatic heterocycles. The molecule has 1 fully saturated rings. The van der Waals surface area contributed by atoms with Crippen LogP contribution in [0.15, 0.2) is 24.3 Å². The number of halogens is 1. The van der Waals surface area contributed by atoms with E-state index in [1.807, 2.05) is 24.3 Å². The second kappa shape index (κ2) is 5.60. The predicted octanol–water partition coefficient (Wildman–Crippen LogP) is 4.02. The van der Waals surface area contributed by atoms with E-state index in [-0.39, 0.29) is 12.2 Å². The molecule has 0 amide bonds. The lowest BCUT2D eigenvalue weighted by Gasteiger charge is -2.25. The molecule has 99 valence electrons. The van der Waals surface area contributed by atoms with E-state index < -0.39 is 5.79 Å². The lowest BCUT2D eigenvalue weighted by molar-refractivity contribution is -0.176. The molecule has 3 heteroatoms. The molecule has 0 bridgehead atoms. The van der Waals surface area contributed by atoms with Crippen molar-refractivity contribution in [3.63, 3.8) is 0 Å². The van der Waals surface area contributed by atoms with Gasteiger partial charge in [0.25, 0.3) is 0 Å². The Bertz CT molecular complexity index is 401. The minimum absolute atomic E-state index is 0.0233. The highest BCUT2D eigenvalue weighted by Gasteiger charge is 2.43. The Morgan fingerprint density at radius 3 is 2.44 bits per heavy atom. The zero-order valence-electron chi connectivity index (χ0n) is 11.0. The van der Waals surface area contributed by atoms with Gasteiger partial charge in [-0.1, -0.05) is 43.6 Å². The summed E-state index contributed by atoms with van der Waals surface area (Å²) in [7, 11) is 0. The van der Waals surface area contributed by atoms with Gasteiger partial charge in [0.2, 0.25) is 0 Å². The van der Waals surface area contributed by atoms with Gasteiger partial charge in [0.1, 0.15) is 0 Å². The standard InChI is InChI=1S/C15H20ClO2/c1-4-15(5-2)17-11(3)14(18-15)10-12-8-6-7-9-13(12)16/h6-9,11,14H,3-5,10H2,1-2H3. The van der Waals surface area contributed by atoms with Crippen LogP contribution < -0.4 is 0 Å². The third-order valence-corrected chi connectivity index (χ3v) is 3.97. The van der Waals surface area contributed by atoms with Crippen LogP contribution >= 0.6 is 11.6 Å². The predicted molar refractivity (Wildman–Crippen MR) is 73.6 cm³/mol. The number of hydrogen-bond donors (Lipinski definition) is 0. The van der Waals surface area contributed by atoms with Crippen molar-refractivity contribution in [3.05, 3.63) is 41.8 Å². The summed E-state index contributed by atoms with van der Waals surface area (Å²) in [4.78, 5) is 0. The fourth-order valence-corrected chi connectivity index (χ4v) is 2.58. The Morgan fingerprint density at radius 2 is 1.89 bits per heavy atom. The van der Waals surface area contributed by atoms with Gasteiger partial charge in [-0.05, 0) is 31.4 Å². The maximum absolute atomic E-state index is 6.17. The molecule has 1 saturated heterocycles. The van der Waals surface area contributed by atoms with Crippen molar-refractivity contribution in [2.45, 2.75) is 51.1 Å². The Balaban J connectivity index is 2.09. The maximum atomic E-state index is 6.17. The molecule has 2 nitrogen and oxygen atoms in total. The molecular weight excluding hydrogens is 248 g/mol. The van der Waals surface area contributed by atoms with Crippen LogP contribution in [0.4, 0.5) is 0 Å². The van der Waals surface area contributed by atoms with E-state index in [4.69, 9.17) is 21.1 Å². The minimum Gasteiger partial charge on any atom is -0.344 e. The van der Waals surface area contributed by atoms with E-state index in [1.54, 1.807) is 0 Å². The number of ether oxygens (including phenoxy) is 2. The van der Waals surface area contributed by atoms with Crippen molar-refractivity contribution in [2.75, 3.05) is 0 Å². The highest BCUT2D eigenvalue weighted by atomic mass is 35.5. The summed E-state index contributed by atoms with van der Waals surface area (Å²) in [6, 6.07) is 7.85. The van der Waals surface area contributed by atoms with Crippen LogP contribution in [0.5, 0.6) is 0 Å². The molecule has 0 saturated carbocycles. The van der Waals surface area contributed by atoms with Crippen molar-refractivity contribution < 1.29 is 9.47 Å². The first-order valence-corrected chi connectivity index (χ1v) is 6.90. The van der Waals surface area contributed by atoms with Crippen molar-refractivity contribution in [1.29, 1.82) is 0 Å². The number of benzene rings is 1. The Morgan fingerprint density at radius 1 is 1.22 bits per heavy atom. The normalized spacial score (nSPS) is 26.4. The molecule has 1 radical (unpaired) electrons. The van der Waals surface area contributed by atoms with Gasteiger partial charge in [-0.2, -0.15) is 0 Å². The van der Waals surface area contributed by atoms with Crippen LogP contribution in [0.25, 0.3) is 0 Å². The molecule has 2 rings (SSSR count). The summed E-state index contributed by atoms with van der Waals surface area (Å²) in [5.41, 5.74) is 1.09. The molecule has 18 heavy (non-hydrogen) atoms. The molecule has 0 spiro atoms. The smallest absolute Gasteiger partial charge is 0.168 e. The molecular formula is C15H20ClO2. The SMILES string of the molecule is [CH2]C1OC(CC)(CC)OC1Cc1ccccc1Cl. The van der Waals surface area contributed by atoms with Crippen LogP contribution in [0, 0.1) is 6.92 Å². The third-order valence-electron chi connectivity index (χ3n) is 3.60. The fraction of sp³-hybridized carbons (Fsp3) is 0.533. The van der Waals surface area contributed by atoms with Gasteiger partial charge in [-0.25, -0.2) is 0 Å². The van der Waals surface area contributed by atoms with E-state index in [9.17, 15) is 0 Å². The first kappa shape index (κ1) is 13.9. The largest absolute Gasteiger partial charge is 0.344 e. The second-order valence-electron chi connectivity index (χ2n) is 4.73. The molecule has 0 N–H and O–H groups in total. The third kappa shape index (κ3) is 2.71. The fourth-order valence-electron chi connectivity index (χ4n) is 2.37. The maximum Gasteiger partial charge on any atom is 0.168 e. The Hall–Kier alpha value is -0.570. The molecule has 1 aliphatic rings. The zero-order valence-corrected chi connectivity index (χ0v) is 11.7. The monoisotopic (exact) mass is 267 g/mol. The summed E-state index contributed by atoms with van der Waals surface area (Å²) < 4.78 is 12.0. The van der Waals surface area contributed by atoms with Crippen molar-refractivity contribution in [2.24, 2.45) is 0 Å². The van der Waals surface area contributed by atoms with Gasteiger partial charge >= 0.3 is 0 Å². The molecule has 2 unspecified atom stereocenters. The molecule has 1 heterocycles. The van der Waals surface area contributed by atoms with E-state index in [0.29, 0.717) is 0 Å². The van der Waals surface area contributed by atoms with Crippen LogP contribution in [0.3, 0.4) is 0 Å². The first-order chi connectivity index (χ1) is 8.60. The summed E-state index contributed by atoms with van der Waals surface area (Å²) in [6.45, 7) is 8.20. The van der Waals surface area contributed by atoms with E-state index >= 15 is 0 Å². The van der Waals surface area contributed by atoms with Crippen molar-refractivity contribution >= 4 is 11.6 Å². The van der Waals surface area contributed by atoms with Crippen LogP contribution in [-0.4, -0.2) is 18.0 Å². The quantitative estimate of drug-likeness (QED) is 0.820. The van der Waals surface area contributed by atoms with Gasteiger partial charge in [0.15, 0.2) is 5.79 Å². The van der Waals surface area contributed by atoms with Crippen LogP contribution in [0.1, 0.15) is 32.3 Å². The lowest BCUT2D eigenvalue weighted by atomic mass is 10.0. The van der Waals surface area contributed by atoms with Gasteiger partial charge in [0, 0.05) is 11.4 Å². The summed E-state index contributed by atoms with van der Waals surface area (Å²) in [5.74, 6) is -0.460. The van der Waals surface area contributed by atoms with Gasteiger partial charge < -0.3 is 9.47 Å². The topological polar surface area (TPSA) is 18.5 Å². The van der Waals surface area contributed by atoms with Crippen LogP contribution in [-0.2, 0) is 15.9 Å². The van der Waals surface area contributed by atoms with Crippen molar-refractivity contribution in [3.8, 4) is 0 Å². The summed E-state index contributed by atoms with van der Waals surface area (Å²) in [5, 5.41) is 0.777. The Labute approximate surface area is 114 Å². The molecule has 0 aliphatic carbocycles. The average Bonchev–Trinajstić information content (AvgIpc) is 2.70. The van der Waals surface area contributed by atoms with Gasteiger partial charge in [-0.15, -0.1) is 0 Å². The molecule has 1 aromatic rings. The number of rotatable bonds is 4. The molecule has 1 aliphatic heterocycles. The highest BCUT2D eigenvalue weighted by Crippen LogP contribution is 2.36. The van der Waals surface area contributed by atoms with Gasteiger partial charge in [0.05, 0.1) is 12.2 Å². The zero-order chi connectivity index (χ0) is 13.2. The van der Waals surface area contributed by atoms with Crippen molar-refractivity contribution in [1.82, 2.24) is 0 Å². The summed E-state index contributed by atoms with van der Waals surface area (Å²) in [6.07, 6.45) is 2.27. The lowest BCUT2D eigenvalue weighted by Crippen LogP contribution is -2.29. The average molecular weight is 268 g/mol.